The van der Waals surface area contributed by atoms with E-state index in [1.165, 1.54) is 18.4 Å². The molecule has 94 valence electrons. The van der Waals surface area contributed by atoms with E-state index in [0.29, 0.717) is 22.1 Å². The van der Waals surface area contributed by atoms with Crippen LogP contribution < -0.4 is 4.90 Å². The van der Waals surface area contributed by atoms with Crippen LogP contribution >= 0.6 is 11.3 Å². The minimum Gasteiger partial charge on any atom is -0.465 e. The molecule has 5 nitrogen and oxygen atoms in total. The fourth-order valence-electron chi connectivity index (χ4n) is 1.63. The van der Waals surface area contributed by atoms with E-state index < -0.39 is 10.8 Å². The van der Waals surface area contributed by atoms with Crippen molar-refractivity contribution in [3.05, 3.63) is 10.6 Å². The highest BCUT2D eigenvalue weighted by Gasteiger charge is 2.22. The lowest BCUT2D eigenvalue weighted by Gasteiger charge is -2.25. The first-order valence-electron chi connectivity index (χ1n) is 5.27. The summed E-state index contributed by atoms with van der Waals surface area (Å²) in [6, 6.07) is 0. The van der Waals surface area contributed by atoms with Crippen LogP contribution in [0.1, 0.15) is 15.4 Å². The third-order valence-electron chi connectivity index (χ3n) is 2.60. The lowest BCUT2D eigenvalue weighted by molar-refractivity contribution is 0.0605. The minimum atomic E-state index is -0.700. The van der Waals surface area contributed by atoms with Gasteiger partial charge in [-0.25, -0.2) is 9.78 Å². The summed E-state index contributed by atoms with van der Waals surface area (Å²) in [5.41, 5.74) is 0.698. The topological polar surface area (TPSA) is 59.5 Å². The molecule has 0 atom stereocenters. The second-order valence-corrected chi connectivity index (χ2v) is 6.41. The second kappa shape index (κ2) is 5.14. The Morgan fingerprint density at radius 2 is 2.12 bits per heavy atom. The molecule has 1 fully saturated rings. The zero-order chi connectivity index (χ0) is 12.4. The van der Waals surface area contributed by atoms with Crippen molar-refractivity contribution in [1.82, 2.24) is 4.98 Å². The number of thiazole rings is 1. The van der Waals surface area contributed by atoms with Gasteiger partial charge in [0.1, 0.15) is 4.88 Å². The van der Waals surface area contributed by atoms with Gasteiger partial charge in [-0.2, -0.15) is 0 Å². The van der Waals surface area contributed by atoms with Gasteiger partial charge >= 0.3 is 5.97 Å². The lowest BCUT2D eigenvalue weighted by atomic mass is 10.4. The van der Waals surface area contributed by atoms with E-state index in [9.17, 15) is 9.00 Å². The van der Waals surface area contributed by atoms with Crippen LogP contribution in [0.3, 0.4) is 0 Å². The number of rotatable bonds is 2. The van der Waals surface area contributed by atoms with Gasteiger partial charge in [0.15, 0.2) is 5.13 Å². The Bertz CT molecular complexity index is 448. The molecule has 0 aromatic carbocycles. The molecule has 0 bridgehead atoms. The maximum absolute atomic E-state index is 11.5. The molecule has 1 aromatic rings. The summed E-state index contributed by atoms with van der Waals surface area (Å²) in [6.45, 7) is 3.27. The van der Waals surface area contributed by atoms with E-state index in [0.717, 1.165) is 18.2 Å². The summed E-state index contributed by atoms with van der Waals surface area (Å²) in [4.78, 5) is 18.5. The molecule has 0 unspecified atom stereocenters. The van der Waals surface area contributed by atoms with Crippen molar-refractivity contribution in [3.8, 4) is 0 Å². The smallest absolute Gasteiger partial charge is 0.350 e. The number of hydrogen-bond acceptors (Lipinski definition) is 6. The highest BCUT2D eigenvalue weighted by Crippen LogP contribution is 2.27. The molecule has 0 radical (unpaired) electrons. The number of aryl methyl sites for hydroxylation is 1. The van der Waals surface area contributed by atoms with E-state index in [2.05, 4.69) is 9.88 Å². The summed E-state index contributed by atoms with van der Waals surface area (Å²) in [6.07, 6.45) is 0. The van der Waals surface area contributed by atoms with Crippen LogP contribution in [-0.4, -0.2) is 46.9 Å². The van der Waals surface area contributed by atoms with Gasteiger partial charge in [-0.15, -0.1) is 0 Å². The zero-order valence-corrected chi connectivity index (χ0v) is 11.4. The summed E-state index contributed by atoms with van der Waals surface area (Å²) >= 11 is 1.34. The number of esters is 1. The number of ether oxygens (including phenoxy) is 1. The zero-order valence-electron chi connectivity index (χ0n) is 9.76. The molecular weight excluding hydrogens is 260 g/mol. The Kier molecular flexibility index (Phi) is 3.78. The van der Waals surface area contributed by atoms with Gasteiger partial charge < -0.3 is 9.64 Å². The maximum atomic E-state index is 11.5. The number of aromatic nitrogens is 1. The minimum absolute atomic E-state index is 0.341. The molecule has 0 N–H and O–H groups in total. The molecule has 1 aliphatic heterocycles. The third kappa shape index (κ3) is 2.66. The second-order valence-electron chi connectivity index (χ2n) is 3.74. The molecule has 7 heteroatoms. The van der Waals surface area contributed by atoms with Crippen LogP contribution in [0.15, 0.2) is 0 Å². The molecule has 0 amide bonds. The molecule has 0 aliphatic carbocycles. The Morgan fingerprint density at radius 3 is 2.71 bits per heavy atom. The lowest BCUT2D eigenvalue weighted by Crippen LogP contribution is -2.37. The summed E-state index contributed by atoms with van der Waals surface area (Å²) in [5.74, 6) is 1.00. The fourth-order valence-corrected chi connectivity index (χ4v) is 3.72. The van der Waals surface area contributed by atoms with E-state index in [1.807, 2.05) is 0 Å². The molecule has 17 heavy (non-hydrogen) atoms. The van der Waals surface area contributed by atoms with Gasteiger partial charge in [0.05, 0.1) is 12.8 Å². The highest BCUT2D eigenvalue weighted by molar-refractivity contribution is 7.85. The monoisotopic (exact) mass is 274 g/mol. The van der Waals surface area contributed by atoms with Crippen molar-refractivity contribution >= 4 is 33.2 Å². The normalized spacial score (nSPS) is 17.2. The number of anilines is 1. The summed E-state index contributed by atoms with van der Waals surface area (Å²) in [7, 11) is 0.666. The first-order chi connectivity index (χ1) is 8.11. The Balaban J connectivity index is 2.17. The SMILES string of the molecule is COC(=O)c1sc(N2CCS(=O)CC2)nc1C. The van der Waals surface area contributed by atoms with Crippen molar-refractivity contribution in [2.45, 2.75) is 6.92 Å². The van der Waals surface area contributed by atoms with Gasteiger partial charge in [-0.05, 0) is 6.92 Å². The molecule has 2 rings (SSSR count). The van der Waals surface area contributed by atoms with Crippen molar-refractivity contribution in [2.75, 3.05) is 36.6 Å². The van der Waals surface area contributed by atoms with Crippen LogP contribution in [0.4, 0.5) is 5.13 Å². The predicted octanol–water partition coefficient (Wildman–Crippen LogP) is 0.807. The molecule has 1 aliphatic rings. The first-order valence-corrected chi connectivity index (χ1v) is 7.58. The van der Waals surface area contributed by atoms with Crippen LogP contribution in [0.2, 0.25) is 0 Å². The van der Waals surface area contributed by atoms with Crippen molar-refractivity contribution in [1.29, 1.82) is 0 Å². The van der Waals surface area contributed by atoms with Gasteiger partial charge in [-0.3, -0.25) is 4.21 Å². The standard InChI is InChI=1S/C10H14N2O3S2/c1-7-8(9(13)15-2)16-10(11-7)12-3-5-17(14)6-4-12/h3-6H2,1-2H3. The van der Waals surface area contributed by atoms with E-state index in [1.54, 1.807) is 6.92 Å². The van der Waals surface area contributed by atoms with Crippen molar-refractivity contribution in [2.24, 2.45) is 0 Å². The number of hydrogen-bond donors (Lipinski definition) is 0. The van der Waals surface area contributed by atoms with Crippen LogP contribution in [-0.2, 0) is 15.5 Å². The molecule has 1 saturated heterocycles. The van der Waals surface area contributed by atoms with Gasteiger partial charge in [0, 0.05) is 35.4 Å². The van der Waals surface area contributed by atoms with Gasteiger partial charge in [0.2, 0.25) is 0 Å². The average Bonchev–Trinajstić information content (AvgIpc) is 2.71. The third-order valence-corrected chi connectivity index (χ3v) is 5.08. The molecule has 0 spiro atoms. The quantitative estimate of drug-likeness (QED) is 0.747. The number of nitrogens with zero attached hydrogens (tertiary/aromatic N) is 2. The Hall–Kier alpha value is -0.950. The van der Waals surface area contributed by atoms with Crippen LogP contribution in [0.5, 0.6) is 0 Å². The molecule has 0 saturated carbocycles. The Labute approximate surface area is 106 Å². The largest absolute Gasteiger partial charge is 0.465 e. The van der Waals surface area contributed by atoms with Crippen LogP contribution in [0.25, 0.3) is 0 Å². The molecular formula is C10H14N2O3S2. The number of carbonyl (C=O) groups is 1. The molecule has 2 heterocycles. The van der Waals surface area contributed by atoms with E-state index in [4.69, 9.17) is 4.74 Å². The Morgan fingerprint density at radius 1 is 1.47 bits per heavy atom. The van der Waals surface area contributed by atoms with E-state index in [-0.39, 0.29) is 5.97 Å². The van der Waals surface area contributed by atoms with Crippen molar-refractivity contribution < 1.29 is 13.7 Å². The van der Waals surface area contributed by atoms with Crippen LogP contribution in [0, 0.1) is 6.92 Å². The number of carbonyl (C=O) groups excluding carboxylic acids is 1. The summed E-state index contributed by atoms with van der Waals surface area (Å²) < 4.78 is 16.0. The fraction of sp³-hybridized carbons (Fsp3) is 0.600. The van der Waals surface area contributed by atoms with Crippen molar-refractivity contribution in [3.63, 3.8) is 0 Å². The number of methoxy groups -OCH3 is 1. The molecule has 1 aromatic heterocycles. The van der Waals surface area contributed by atoms with Gasteiger partial charge in [-0.1, -0.05) is 11.3 Å². The van der Waals surface area contributed by atoms with E-state index >= 15 is 0 Å². The van der Waals surface area contributed by atoms with Gasteiger partial charge in [0.25, 0.3) is 0 Å². The highest BCUT2D eigenvalue weighted by atomic mass is 32.2. The average molecular weight is 274 g/mol. The summed E-state index contributed by atoms with van der Waals surface area (Å²) in [5, 5.41) is 0.819. The maximum Gasteiger partial charge on any atom is 0.350 e. The predicted molar refractivity (Wildman–Crippen MR) is 68.3 cm³/mol. The first kappa shape index (κ1) is 12.5.